The number of esters is 1. The number of aromatic nitrogens is 1. The highest BCUT2D eigenvalue weighted by molar-refractivity contribution is 6.00. The van der Waals surface area contributed by atoms with Crippen LogP contribution in [0.1, 0.15) is 44.9 Å². The summed E-state index contributed by atoms with van der Waals surface area (Å²) in [5.41, 5.74) is 3.08. The molecular weight excluding hydrogens is 425 g/mol. The molecule has 1 aromatic heterocycles. The van der Waals surface area contributed by atoms with Crippen LogP contribution < -0.4 is 4.74 Å². The van der Waals surface area contributed by atoms with Gasteiger partial charge in [-0.1, -0.05) is 0 Å². The fourth-order valence-corrected chi connectivity index (χ4v) is 3.98. The number of nitrogens with zero attached hydrogens (tertiary/aromatic N) is 1. The third kappa shape index (κ3) is 5.31. The van der Waals surface area contributed by atoms with Crippen LogP contribution in [0.3, 0.4) is 0 Å². The van der Waals surface area contributed by atoms with Crippen LogP contribution in [0.5, 0.6) is 5.75 Å². The van der Waals surface area contributed by atoms with E-state index in [9.17, 15) is 14.0 Å². The summed E-state index contributed by atoms with van der Waals surface area (Å²) < 4.78 is 31.6. The van der Waals surface area contributed by atoms with Crippen molar-refractivity contribution >= 4 is 11.8 Å². The minimum Gasteiger partial charge on any atom is -0.491 e. The van der Waals surface area contributed by atoms with Crippen LogP contribution >= 0.6 is 0 Å². The van der Waals surface area contributed by atoms with Gasteiger partial charge in [-0.2, -0.15) is 0 Å². The average molecular weight is 451 g/mol. The Morgan fingerprint density at radius 2 is 1.82 bits per heavy atom. The van der Waals surface area contributed by atoms with Crippen molar-refractivity contribution in [3.05, 3.63) is 82.9 Å². The number of rotatable bonds is 8. The molecule has 0 amide bonds. The van der Waals surface area contributed by atoms with Crippen LogP contribution in [0.15, 0.2) is 54.6 Å². The molecule has 1 aliphatic rings. The third-order valence-electron chi connectivity index (χ3n) is 5.70. The first kappa shape index (κ1) is 22.7. The summed E-state index contributed by atoms with van der Waals surface area (Å²) in [7, 11) is 0. The fraction of sp³-hybridized carbons (Fsp3) is 0.308. The van der Waals surface area contributed by atoms with Crippen molar-refractivity contribution in [2.75, 3.05) is 19.8 Å². The predicted octanol–water partition coefficient (Wildman–Crippen LogP) is 4.83. The van der Waals surface area contributed by atoms with Gasteiger partial charge >= 0.3 is 5.97 Å². The molecule has 0 bridgehead atoms. The molecule has 1 saturated heterocycles. The second-order valence-electron chi connectivity index (χ2n) is 8.07. The number of halogens is 1. The van der Waals surface area contributed by atoms with Crippen molar-refractivity contribution in [3.63, 3.8) is 0 Å². The first-order valence-corrected chi connectivity index (χ1v) is 10.9. The second kappa shape index (κ2) is 10.0. The number of Topliss-reactive ketones (excluding diaryl/α,β-unsaturated/α-hetero) is 1. The van der Waals surface area contributed by atoms with Gasteiger partial charge in [0.05, 0.1) is 11.7 Å². The maximum Gasteiger partial charge on any atom is 0.338 e. The lowest BCUT2D eigenvalue weighted by molar-refractivity contribution is 0.0474. The Morgan fingerprint density at radius 3 is 2.48 bits per heavy atom. The fourth-order valence-electron chi connectivity index (χ4n) is 3.98. The van der Waals surface area contributed by atoms with E-state index in [1.165, 1.54) is 12.1 Å². The molecule has 3 aromatic rings. The van der Waals surface area contributed by atoms with Gasteiger partial charge < -0.3 is 18.8 Å². The highest BCUT2D eigenvalue weighted by Crippen LogP contribution is 2.22. The van der Waals surface area contributed by atoms with Gasteiger partial charge in [-0.25, -0.2) is 9.18 Å². The van der Waals surface area contributed by atoms with Gasteiger partial charge in [0.2, 0.25) is 5.78 Å². The second-order valence-corrected chi connectivity index (χ2v) is 8.07. The van der Waals surface area contributed by atoms with Crippen LogP contribution in [-0.2, 0) is 9.47 Å². The van der Waals surface area contributed by atoms with Crippen LogP contribution in [0.2, 0.25) is 0 Å². The molecule has 6 nitrogen and oxygen atoms in total. The molecule has 0 aliphatic carbocycles. The monoisotopic (exact) mass is 451 g/mol. The highest BCUT2D eigenvalue weighted by atomic mass is 19.1. The van der Waals surface area contributed by atoms with E-state index in [0.29, 0.717) is 29.2 Å². The van der Waals surface area contributed by atoms with E-state index in [1.807, 2.05) is 11.5 Å². The molecule has 4 rings (SSSR count). The smallest absolute Gasteiger partial charge is 0.338 e. The van der Waals surface area contributed by atoms with Crippen molar-refractivity contribution in [2.24, 2.45) is 0 Å². The summed E-state index contributed by atoms with van der Waals surface area (Å²) in [6.07, 6.45) is 2.16. The molecule has 0 N–H and O–H groups in total. The largest absolute Gasteiger partial charge is 0.491 e. The zero-order valence-electron chi connectivity index (χ0n) is 18.7. The van der Waals surface area contributed by atoms with Crippen molar-refractivity contribution in [1.29, 1.82) is 0 Å². The molecule has 1 fully saturated rings. The Kier molecular flexibility index (Phi) is 6.89. The van der Waals surface area contributed by atoms with Gasteiger partial charge in [0, 0.05) is 29.2 Å². The SMILES string of the molecule is Cc1cc(C(=O)COC(=O)c2ccc(OCC3CCCO3)cc2)c(C)n1-c1ccc(F)cc1. The highest BCUT2D eigenvalue weighted by Gasteiger charge is 2.19. The predicted molar refractivity (Wildman–Crippen MR) is 121 cm³/mol. The molecule has 172 valence electrons. The quantitative estimate of drug-likeness (QED) is 0.363. The normalized spacial score (nSPS) is 15.4. The Balaban J connectivity index is 1.35. The average Bonchev–Trinajstić information content (AvgIpc) is 3.44. The van der Waals surface area contributed by atoms with Gasteiger partial charge in [0.25, 0.3) is 0 Å². The zero-order valence-corrected chi connectivity index (χ0v) is 18.7. The third-order valence-corrected chi connectivity index (χ3v) is 5.70. The lowest BCUT2D eigenvalue weighted by atomic mass is 10.1. The number of ether oxygens (including phenoxy) is 3. The number of aryl methyl sites for hydroxylation is 1. The van der Waals surface area contributed by atoms with Crippen molar-refractivity contribution in [3.8, 4) is 11.4 Å². The maximum atomic E-state index is 13.3. The number of hydrogen-bond donors (Lipinski definition) is 0. The minimum absolute atomic E-state index is 0.116. The number of benzene rings is 2. The van der Waals surface area contributed by atoms with Gasteiger partial charge in [-0.05, 0) is 81.3 Å². The lowest BCUT2D eigenvalue weighted by Gasteiger charge is -2.11. The van der Waals surface area contributed by atoms with Gasteiger partial charge in [0.1, 0.15) is 18.2 Å². The van der Waals surface area contributed by atoms with E-state index < -0.39 is 5.97 Å². The van der Waals surface area contributed by atoms with Crippen molar-refractivity contribution in [1.82, 2.24) is 4.57 Å². The number of carbonyl (C=O) groups excluding carboxylic acids is 2. The minimum atomic E-state index is -0.582. The molecule has 2 aromatic carbocycles. The Bertz CT molecular complexity index is 1130. The van der Waals surface area contributed by atoms with E-state index >= 15 is 0 Å². The van der Waals surface area contributed by atoms with Crippen molar-refractivity contribution < 1.29 is 28.2 Å². The number of ketones is 1. The summed E-state index contributed by atoms with van der Waals surface area (Å²) in [5, 5.41) is 0. The van der Waals surface area contributed by atoms with Gasteiger partial charge in [-0.3, -0.25) is 4.79 Å². The molecule has 0 saturated carbocycles. The van der Waals surface area contributed by atoms with E-state index in [2.05, 4.69) is 0 Å². The molecular formula is C26H26FNO5. The van der Waals surface area contributed by atoms with Crippen molar-refractivity contribution in [2.45, 2.75) is 32.8 Å². The molecule has 1 unspecified atom stereocenters. The zero-order chi connectivity index (χ0) is 23.4. The Hall–Kier alpha value is -3.45. The molecule has 0 spiro atoms. The summed E-state index contributed by atoms with van der Waals surface area (Å²) >= 11 is 0. The van der Waals surface area contributed by atoms with E-state index in [1.54, 1.807) is 49.4 Å². The van der Waals surface area contributed by atoms with Crippen LogP contribution in [-0.4, -0.2) is 42.2 Å². The molecule has 0 radical (unpaired) electrons. The topological polar surface area (TPSA) is 66.8 Å². The van der Waals surface area contributed by atoms with Crippen LogP contribution in [0, 0.1) is 19.7 Å². The molecule has 2 heterocycles. The molecule has 7 heteroatoms. The van der Waals surface area contributed by atoms with E-state index in [4.69, 9.17) is 14.2 Å². The maximum absolute atomic E-state index is 13.3. The van der Waals surface area contributed by atoms with Crippen LogP contribution in [0.4, 0.5) is 4.39 Å². The van der Waals surface area contributed by atoms with E-state index in [0.717, 1.165) is 30.8 Å². The Labute approximate surface area is 191 Å². The Morgan fingerprint density at radius 1 is 1.09 bits per heavy atom. The molecule has 1 aliphatic heterocycles. The standard InChI is InChI=1S/C26H26FNO5/c1-17-14-24(18(2)28(17)21-9-7-20(27)8-10-21)25(29)16-33-26(30)19-5-11-22(12-6-19)32-15-23-4-3-13-31-23/h5-12,14,23H,3-4,13,15-16H2,1-2H3. The van der Waals surface area contributed by atoms with Gasteiger partial charge in [0.15, 0.2) is 6.61 Å². The molecule has 33 heavy (non-hydrogen) atoms. The number of carbonyl (C=O) groups is 2. The van der Waals surface area contributed by atoms with Crippen LogP contribution in [0.25, 0.3) is 5.69 Å². The summed E-state index contributed by atoms with van der Waals surface area (Å²) in [5.74, 6) is -0.569. The lowest BCUT2D eigenvalue weighted by Crippen LogP contribution is -2.16. The molecule has 1 atom stereocenters. The summed E-state index contributed by atoms with van der Waals surface area (Å²) in [6, 6.07) is 14.4. The van der Waals surface area contributed by atoms with E-state index in [-0.39, 0.29) is 24.3 Å². The van der Waals surface area contributed by atoms with Gasteiger partial charge in [-0.15, -0.1) is 0 Å². The summed E-state index contributed by atoms with van der Waals surface area (Å²) in [4.78, 5) is 25.1. The first-order chi connectivity index (χ1) is 15.9. The first-order valence-electron chi connectivity index (χ1n) is 10.9. The number of hydrogen-bond acceptors (Lipinski definition) is 5. The summed E-state index contributed by atoms with van der Waals surface area (Å²) in [6.45, 7) is 4.55.